The summed E-state index contributed by atoms with van der Waals surface area (Å²) in [4.78, 5) is 32.4. The Bertz CT molecular complexity index is 1790. The molecule has 3 aliphatic heterocycles. The Morgan fingerprint density at radius 2 is 1.56 bits per heavy atom. The molecule has 0 radical (unpaired) electrons. The van der Waals surface area contributed by atoms with Crippen LogP contribution in [-0.2, 0) is 19.6 Å². The lowest BCUT2D eigenvalue weighted by Crippen LogP contribution is -2.47. The summed E-state index contributed by atoms with van der Waals surface area (Å²) < 4.78 is 35.6. The Morgan fingerprint density at radius 3 is 2.21 bits per heavy atom. The summed E-state index contributed by atoms with van der Waals surface area (Å²) in [6.07, 6.45) is 0.530. The second-order valence-electron chi connectivity index (χ2n) is 13.6. The van der Waals surface area contributed by atoms with Gasteiger partial charge in [0.05, 0.1) is 16.2 Å². The number of likely N-dealkylation sites (tertiary alicyclic amines) is 1. The van der Waals surface area contributed by atoms with E-state index in [1.807, 2.05) is 63.2 Å². The normalized spacial score (nSPS) is 18.7. The van der Waals surface area contributed by atoms with Gasteiger partial charge in [0, 0.05) is 67.9 Å². The number of nitrogens with zero attached hydrogens (tertiary/aromatic N) is 3. The van der Waals surface area contributed by atoms with Gasteiger partial charge in [0.2, 0.25) is 10.0 Å². The van der Waals surface area contributed by atoms with Crippen LogP contribution in [-0.4, -0.2) is 88.2 Å². The first kappa shape index (κ1) is 33.5. The van der Waals surface area contributed by atoms with E-state index in [4.69, 9.17) is 4.74 Å². The van der Waals surface area contributed by atoms with Gasteiger partial charge in [0.15, 0.2) is 0 Å². The SMILES string of the molecule is CN1CCN(c2ccc(N/C(=C3\C(=O)Nc4ccc(S(=O)(=O)NC5CCN(C(=O)OC(C)(C)C)CC5)cc43)c3ccccc3)cc2)CC1. The number of piperazine rings is 1. The Labute approximate surface area is 283 Å². The predicted molar refractivity (Wildman–Crippen MR) is 189 cm³/mol. The largest absolute Gasteiger partial charge is 0.444 e. The van der Waals surface area contributed by atoms with Crippen molar-refractivity contribution in [1.82, 2.24) is 14.5 Å². The molecule has 0 bridgehead atoms. The molecular formula is C36H44N6O5S. The molecule has 2 amide bonds. The molecule has 6 rings (SSSR count). The number of carbonyl (C=O) groups excluding carboxylic acids is 2. The molecule has 0 unspecified atom stereocenters. The van der Waals surface area contributed by atoms with Crippen molar-refractivity contribution >= 4 is 50.4 Å². The van der Waals surface area contributed by atoms with Gasteiger partial charge >= 0.3 is 6.09 Å². The molecular weight excluding hydrogens is 628 g/mol. The van der Waals surface area contributed by atoms with Crippen LogP contribution in [0.25, 0.3) is 11.3 Å². The highest BCUT2D eigenvalue weighted by Crippen LogP contribution is 2.39. The third kappa shape index (κ3) is 7.67. The zero-order valence-electron chi connectivity index (χ0n) is 28.0. The highest BCUT2D eigenvalue weighted by Gasteiger charge is 2.33. The molecule has 2 saturated heterocycles. The van der Waals surface area contributed by atoms with E-state index in [0.717, 1.165) is 43.1 Å². The summed E-state index contributed by atoms with van der Waals surface area (Å²) in [6.45, 7) is 10.2. The monoisotopic (exact) mass is 672 g/mol. The number of hydrogen-bond donors (Lipinski definition) is 3. The van der Waals surface area contributed by atoms with Crippen LogP contribution in [0.3, 0.4) is 0 Å². The first-order valence-corrected chi connectivity index (χ1v) is 17.9. The fourth-order valence-corrected chi connectivity index (χ4v) is 7.53. The first-order valence-electron chi connectivity index (χ1n) is 16.4. The summed E-state index contributed by atoms with van der Waals surface area (Å²) in [5, 5.41) is 6.40. The third-order valence-electron chi connectivity index (χ3n) is 8.83. The van der Waals surface area contributed by atoms with Crippen LogP contribution in [0.1, 0.15) is 44.7 Å². The number of anilines is 3. The molecule has 3 aliphatic rings. The van der Waals surface area contributed by atoms with E-state index < -0.39 is 21.7 Å². The number of benzene rings is 3. The summed E-state index contributed by atoms with van der Waals surface area (Å²) in [5.74, 6) is -0.317. The number of fused-ring (bicyclic) bond motifs is 1. The molecule has 0 saturated carbocycles. The molecule has 0 aromatic heterocycles. The number of hydrogen-bond acceptors (Lipinski definition) is 8. The Balaban J connectivity index is 1.24. The number of sulfonamides is 1. The van der Waals surface area contributed by atoms with Crippen molar-refractivity contribution in [3.05, 3.63) is 83.9 Å². The fourth-order valence-electron chi connectivity index (χ4n) is 6.20. The molecule has 3 heterocycles. The number of piperidine rings is 1. The summed E-state index contributed by atoms with van der Waals surface area (Å²) in [5.41, 5.74) is 4.13. The summed E-state index contributed by atoms with van der Waals surface area (Å²) >= 11 is 0. The molecule has 254 valence electrons. The van der Waals surface area contributed by atoms with Crippen LogP contribution in [0.15, 0.2) is 77.7 Å². The number of nitrogens with one attached hydrogen (secondary N) is 3. The minimum atomic E-state index is -3.93. The topological polar surface area (TPSA) is 123 Å². The Morgan fingerprint density at radius 1 is 0.896 bits per heavy atom. The maximum absolute atomic E-state index is 13.6. The van der Waals surface area contributed by atoms with E-state index in [2.05, 4.69) is 44.3 Å². The molecule has 2 fully saturated rings. The first-order chi connectivity index (χ1) is 22.9. The van der Waals surface area contributed by atoms with Gasteiger partial charge in [0.1, 0.15) is 5.60 Å². The standard InChI is InChI=1S/C36H44N6O5S/c1-36(2,3)47-35(44)42-18-16-27(17-19-42)39-48(45,46)29-14-15-31-30(24-29)32(34(43)38-31)33(25-8-6-5-7-9-25)37-26-10-12-28(13-11-26)41-22-20-40(4)21-23-41/h5-15,24,27,37,39H,16-23H2,1-4H3,(H,38,43)/b33-32-. The molecule has 3 aromatic carbocycles. The van der Waals surface area contributed by atoms with Gasteiger partial charge in [-0.3, -0.25) is 4.79 Å². The van der Waals surface area contributed by atoms with Gasteiger partial charge in [-0.05, 0) is 88.7 Å². The van der Waals surface area contributed by atoms with Gasteiger partial charge in [-0.25, -0.2) is 17.9 Å². The highest BCUT2D eigenvalue weighted by atomic mass is 32.2. The van der Waals surface area contributed by atoms with Gasteiger partial charge in [-0.1, -0.05) is 30.3 Å². The second-order valence-corrected chi connectivity index (χ2v) is 15.3. The van der Waals surface area contributed by atoms with Crippen LogP contribution in [0.5, 0.6) is 0 Å². The average Bonchev–Trinajstić information content (AvgIpc) is 3.39. The molecule has 12 heteroatoms. The molecule has 0 spiro atoms. The van der Waals surface area contributed by atoms with Crippen molar-refractivity contribution in [1.29, 1.82) is 0 Å². The van der Waals surface area contributed by atoms with Gasteiger partial charge < -0.3 is 30.1 Å². The smallest absolute Gasteiger partial charge is 0.410 e. The molecule has 11 nitrogen and oxygen atoms in total. The third-order valence-corrected chi connectivity index (χ3v) is 10.4. The van der Waals surface area contributed by atoms with Crippen molar-refractivity contribution in [2.24, 2.45) is 0 Å². The van der Waals surface area contributed by atoms with Crippen LogP contribution in [0, 0.1) is 0 Å². The van der Waals surface area contributed by atoms with Crippen LogP contribution in [0.4, 0.5) is 21.9 Å². The van der Waals surface area contributed by atoms with Crippen LogP contribution in [0.2, 0.25) is 0 Å². The highest BCUT2D eigenvalue weighted by molar-refractivity contribution is 7.89. The maximum Gasteiger partial charge on any atom is 0.410 e. The maximum atomic E-state index is 13.6. The second kappa shape index (κ2) is 13.6. The molecule has 0 aliphatic carbocycles. The average molecular weight is 673 g/mol. The van der Waals surface area contributed by atoms with Crippen molar-refractivity contribution < 1.29 is 22.7 Å². The summed E-state index contributed by atoms with van der Waals surface area (Å²) in [7, 11) is -1.80. The van der Waals surface area contributed by atoms with Crippen molar-refractivity contribution in [2.75, 3.05) is 61.8 Å². The minimum absolute atomic E-state index is 0.0637. The summed E-state index contributed by atoms with van der Waals surface area (Å²) in [6, 6.07) is 22.1. The van der Waals surface area contributed by atoms with Crippen molar-refractivity contribution in [2.45, 2.75) is 50.2 Å². The number of rotatable bonds is 7. The van der Waals surface area contributed by atoms with Gasteiger partial charge in [-0.15, -0.1) is 0 Å². The van der Waals surface area contributed by atoms with Gasteiger partial charge in [-0.2, -0.15) is 0 Å². The van der Waals surface area contributed by atoms with Crippen molar-refractivity contribution in [3.8, 4) is 0 Å². The van der Waals surface area contributed by atoms with E-state index in [0.29, 0.717) is 48.5 Å². The molecule has 0 atom stereocenters. The molecule has 3 N–H and O–H groups in total. The predicted octanol–water partition coefficient (Wildman–Crippen LogP) is 5.05. The number of likely N-dealkylation sites (N-methyl/N-ethyl adjacent to an activating group) is 1. The molecule has 3 aromatic rings. The Hall–Kier alpha value is -4.39. The van der Waals surface area contributed by atoms with Crippen LogP contribution >= 0.6 is 0 Å². The minimum Gasteiger partial charge on any atom is -0.444 e. The van der Waals surface area contributed by atoms with Crippen molar-refractivity contribution in [3.63, 3.8) is 0 Å². The number of amides is 2. The lowest BCUT2D eigenvalue weighted by atomic mass is 10.00. The van der Waals surface area contributed by atoms with E-state index in [-0.39, 0.29) is 16.8 Å². The van der Waals surface area contributed by atoms with Crippen LogP contribution < -0.4 is 20.3 Å². The number of ether oxygens (including phenoxy) is 1. The quantitative estimate of drug-likeness (QED) is 0.298. The van der Waals surface area contributed by atoms with E-state index in [9.17, 15) is 18.0 Å². The van der Waals surface area contributed by atoms with E-state index in [1.54, 1.807) is 17.0 Å². The zero-order chi connectivity index (χ0) is 34.1. The lowest BCUT2D eigenvalue weighted by Gasteiger charge is -2.34. The number of carbonyl (C=O) groups is 2. The molecule has 48 heavy (non-hydrogen) atoms. The Kier molecular flexibility index (Phi) is 9.50. The zero-order valence-corrected chi connectivity index (χ0v) is 28.8. The van der Waals surface area contributed by atoms with E-state index in [1.165, 1.54) is 6.07 Å². The fraction of sp³-hybridized carbons (Fsp3) is 0.389. The lowest BCUT2D eigenvalue weighted by molar-refractivity contribution is -0.110. The van der Waals surface area contributed by atoms with Gasteiger partial charge in [0.25, 0.3) is 5.91 Å². The van der Waals surface area contributed by atoms with E-state index >= 15 is 0 Å².